The van der Waals surface area contributed by atoms with Crippen LogP contribution in [-0.2, 0) is 0 Å². The summed E-state index contributed by atoms with van der Waals surface area (Å²) in [5.41, 5.74) is 1.33. The summed E-state index contributed by atoms with van der Waals surface area (Å²) in [4.78, 5) is 0. The van der Waals surface area contributed by atoms with Crippen LogP contribution in [0.2, 0.25) is 0 Å². The second-order valence-electron chi connectivity index (χ2n) is 10.4. The normalized spacial score (nSPS) is 36.3. The van der Waals surface area contributed by atoms with Crippen LogP contribution in [0.4, 0.5) is 4.39 Å². The van der Waals surface area contributed by atoms with Crippen molar-refractivity contribution < 1.29 is 4.39 Å². The van der Waals surface area contributed by atoms with Crippen LogP contribution in [0.3, 0.4) is 0 Å². The second-order valence-corrected chi connectivity index (χ2v) is 10.4. The first-order valence-electron chi connectivity index (χ1n) is 12.6. The summed E-state index contributed by atoms with van der Waals surface area (Å²) >= 11 is 0. The number of hydrogen-bond donors (Lipinski definition) is 0. The Labute approximate surface area is 178 Å². The zero-order valence-electron chi connectivity index (χ0n) is 18.5. The monoisotopic (exact) mass is 396 g/mol. The van der Waals surface area contributed by atoms with Crippen molar-refractivity contribution in [3.63, 3.8) is 0 Å². The minimum Gasteiger partial charge on any atom is -0.207 e. The summed E-state index contributed by atoms with van der Waals surface area (Å²) in [6.45, 7) is 2.37. The molecule has 0 nitrogen and oxygen atoms in total. The van der Waals surface area contributed by atoms with Crippen molar-refractivity contribution in [3.8, 4) is 0 Å². The zero-order valence-corrected chi connectivity index (χ0v) is 18.5. The summed E-state index contributed by atoms with van der Waals surface area (Å²) in [5.74, 6) is 5.24. The molecular weight excluding hydrogens is 355 g/mol. The van der Waals surface area contributed by atoms with Crippen molar-refractivity contribution in [1.82, 2.24) is 0 Å². The SMILES string of the molecule is CC[C@H]1CC[C@H](C2CCC(/C=C/[C@H]3CC[C@H](c4ccc(F)cc4)CC3)CC2)CC1. The van der Waals surface area contributed by atoms with Gasteiger partial charge in [0.25, 0.3) is 0 Å². The van der Waals surface area contributed by atoms with E-state index in [-0.39, 0.29) is 5.82 Å². The Balaban J connectivity index is 1.17. The smallest absolute Gasteiger partial charge is 0.123 e. The summed E-state index contributed by atoms with van der Waals surface area (Å²) in [5, 5.41) is 0. The summed E-state index contributed by atoms with van der Waals surface area (Å²) < 4.78 is 13.1. The van der Waals surface area contributed by atoms with Gasteiger partial charge in [-0.15, -0.1) is 0 Å². The molecule has 0 amide bonds. The maximum Gasteiger partial charge on any atom is 0.123 e. The third-order valence-corrected chi connectivity index (χ3v) is 8.72. The molecule has 0 spiro atoms. The molecule has 1 aromatic rings. The molecule has 160 valence electrons. The molecule has 0 aliphatic heterocycles. The van der Waals surface area contributed by atoms with Gasteiger partial charge in [0.2, 0.25) is 0 Å². The third kappa shape index (κ3) is 5.74. The van der Waals surface area contributed by atoms with Crippen molar-refractivity contribution in [2.24, 2.45) is 29.6 Å². The summed E-state index contributed by atoms with van der Waals surface area (Å²) in [6.07, 6.45) is 23.5. The van der Waals surface area contributed by atoms with Gasteiger partial charge in [0.05, 0.1) is 0 Å². The first-order valence-corrected chi connectivity index (χ1v) is 12.6. The van der Waals surface area contributed by atoms with Crippen LogP contribution in [0.5, 0.6) is 0 Å². The number of rotatable bonds is 5. The Morgan fingerprint density at radius 3 is 1.69 bits per heavy atom. The van der Waals surface area contributed by atoms with Gasteiger partial charge in [0.15, 0.2) is 0 Å². The van der Waals surface area contributed by atoms with Gasteiger partial charge in [-0.1, -0.05) is 50.5 Å². The van der Waals surface area contributed by atoms with E-state index in [4.69, 9.17) is 0 Å². The average molecular weight is 397 g/mol. The van der Waals surface area contributed by atoms with Gasteiger partial charge in [0, 0.05) is 0 Å². The highest BCUT2D eigenvalue weighted by atomic mass is 19.1. The van der Waals surface area contributed by atoms with Crippen molar-refractivity contribution in [2.45, 2.75) is 96.3 Å². The topological polar surface area (TPSA) is 0 Å². The standard InChI is InChI=1S/C28H41F/c1-2-21-5-11-24(12-6-21)25-13-7-22(8-14-25)3-4-23-9-15-26(16-10-23)27-17-19-28(29)20-18-27/h3-4,17-26H,2,5-16H2,1H3/b4-3+/t21-,22?,23-,24-,25?,26-. The van der Waals surface area contributed by atoms with Crippen molar-refractivity contribution in [2.75, 3.05) is 0 Å². The molecule has 0 radical (unpaired) electrons. The molecule has 3 aliphatic rings. The van der Waals surface area contributed by atoms with Gasteiger partial charge in [0.1, 0.15) is 5.82 Å². The van der Waals surface area contributed by atoms with Crippen LogP contribution in [0, 0.1) is 35.4 Å². The Morgan fingerprint density at radius 1 is 0.690 bits per heavy atom. The predicted molar refractivity (Wildman–Crippen MR) is 121 cm³/mol. The lowest BCUT2D eigenvalue weighted by molar-refractivity contribution is 0.154. The van der Waals surface area contributed by atoms with Crippen LogP contribution < -0.4 is 0 Å². The highest BCUT2D eigenvalue weighted by Crippen LogP contribution is 2.42. The quantitative estimate of drug-likeness (QED) is 0.437. The first-order chi connectivity index (χ1) is 14.2. The lowest BCUT2D eigenvalue weighted by Crippen LogP contribution is -2.25. The number of benzene rings is 1. The molecule has 0 unspecified atom stereocenters. The molecule has 0 N–H and O–H groups in total. The Morgan fingerprint density at radius 2 is 1.17 bits per heavy atom. The van der Waals surface area contributed by atoms with E-state index in [0.29, 0.717) is 5.92 Å². The summed E-state index contributed by atoms with van der Waals surface area (Å²) in [6, 6.07) is 7.22. The molecule has 0 aromatic heterocycles. The van der Waals surface area contributed by atoms with E-state index in [0.717, 1.165) is 29.6 Å². The molecule has 3 saturated carbocycles. The molecular formula is C28H41F. The van der Waals surface area contributed by atoms with E-state index in [1.54, 1.807) is 12.1 Å². The fourth-order valence-corrected chi connectivity index (χ4v) is 6.57. The van der Waals surface area contributed by atoms with Gasteiger partial charge >= 0.3 is 0 Å². The lowest BCUT2D eigenvalue weighted by atomic mass is 9.69. The first kappa shape index (κ1) is 21.1. The molecule has 3 aliphatic carbocycles. The Kier molecular flexibility index (Phi) is 7.49. The lowest BCUT2D eigenvalue weighted by Gasteiger charge is -2.37. The second kappa shape index (κ2) is 10.3. The molecule has 0 bridgehead atoms. The van der Waals surface area contributed by atoms with E-state index in [1.807, 2.05) is 12.1 Å². The number of allylic oxidation sites excluding steroid dienone is 2. The van der Waals surface area contributed by atoms with E-state index in [1.165, 1.54) is 89.0 Å². The highest BCUT2D eigenvalue weighted by Gasteiger charge is 2.30. The number of halogens is 1. The van der Waals surface area contributed by atoms with Crippen LogP contribution in [0.25, 0.3) is 0 Å². The highest BCUT2D eigenvalue weighted by molar-refractivity contribution is 5.21. The van der Waals surface area contributed by atoms with Crippen molar-refractivity contribution in [3.05, 3.63) is 47.8 Å². The van der Waals surface area contributed by atoms with Gasteiger partial charge in [-0.25, -0.2) is 4.39 Å². The largest absolute Gasteiger partial charge is 0.207 e. The molecule has 0 atom stereocenters. The van der Waals surface area contributed by atoms with Gasteiger partial charge in [-0.05, 0) is 117 Å². The van der Waals surface area contributed by atoms with Gasteiger partial charge in [-0.3, -0.25) is 0 Å². The number of hydrogen-bond acceptors (Lipinski definition) is 0. The van der Waals surface area contributed by atoms with Crippen LogP contribution in [-0.4, -0.2) is 0 Å². The van der Waals surface area contributed by atoms with E-state index in [2.05, 4.69) is 19.1 Å². The minimum absolute atomic E-state index is 0.117. The molecule has 1 aromatic carbocycles. The average Bonchev–Trinajstić information content (AvgIpc) is 2.79. The predicted octanol–water partition coefficient (Wildman–Crippen LogP) is 8.68. The van der Waals surface area contributed by atoms with Crippen molar-refractivity contribution in [1.29, 1.82) is 0 Å². The third-order valence-electron chi connectivity index (χ3n) is 8.72. The molecule has 29 heavy (non-hydrogen) atoms. The Hall–Kier alpha value is -1.11. The van der Waals surface area contributed by atoms with E-state index < -0.39 is 0 Å². The van der Waals surface area contributed by atoms with Crippen LogP contribution in [0.1, 0.15) is 102 Å². The fraction of sp³-hybridized carbons (Fsp3) is 0.714. The maximum atomic E-state index is 13.1. The molecule has 0 heterocycles. The summed E-state index contributed by atoms with van der Waals surface area (Å²) in [7, 11) is 0. The van der Waals surface area contributed by atoms with Gasteiger partial charge in [-0.2, -0.15) is 0 Å². The fourth-order valence-electron chi connectivity index (χ4n) is 6.57. The van der Waals surface area contributed by atoms with Gasteiger partial charge < -0.3 is 0 Å². The van der Waals surface area contributed by atoms with E-state index >= 15 is 0 Å². The van der Waals surface area contributed by atoms with Crippen molar-refractivity contribution >= 4 is 0 Å². The van der Waals surface area contributed by atoms with Crippen LogP contribution >= 0.6 is 0 Å². The maximum absolute atomic E-state index is 13.1. The minimum atomic E-state index is -0.117. The van der Waals surface area contributed by atoms with E-state index in [9.17, 15) is 4.39 Å². The molecule has 3 fully saturated rings. The molecule has 1 heteroatoms. The zero-order chi connectivity index (χ0) is 20.1. The molecule has 4 rings (SSSR count). The Bertz CT molecular complexity index is 621. The van der Waals surface area contributed by atoms with Crippen LogP contribution in [0.15, 0.2) is 36.4 Å². The molecule has 0 saturated heterocycles.